The van der Waals surface area contributed by atoms with Crippen molar-refractivity contribution in [1.82, 2.24) is 10.2 Å². The molecule has 2 amide bonds. The highest BCUT2D eigenvalue weighted by Crippen LogP contribution is 2.12. The van der Waals surface area contributed by atoms with Crippen molar-refractivity contribution in [1.29, 1.82) is 0 Å². The second-order valence-corrected chi connectivity index (χ2v) is 5.46. The predicted molar refractivity (Wildman–Crippen MR) is 90.7 cm³/mol. The lowest BCUT2D eigenvalue weighted by molar-refractivity contribution is -0.139. The molecule has 0 saturated heterocycles. The van der Waals surface area contributed by atoms with Gasteiger partial charge in [-0.15, -0.1) is 0 Å². The van der Waals surface area contributed by atoms with Crippen LogP contribution >= 0.6 is 0 Å². The van der Waals surface area contributed by atoms with Crippen LogP contribution in [-0.4, -0.2) is 29.8 Å². The van der Waals surface area contributed by atoms with Gasteiger partial charge in [0.1, 0.15) is 6.04 Å². The summed E-state index contributed by atoms with van der Waals surface area (Å²) in [7, 11) is 1.58. The highest BCUT2D eigenvalue weighted by Gasteiger charge is 2.25. The molecule has 1 N–H and O–H groups in total. The van der Waals surface area contributed by atoms with E-state index in [0.29, 0.717) is 6.54 Å². The maximum Gasteiger partial charge on any atom is 0.242 e. The van der Waals surface area contributed by atoms with E-state index in [1.54, 1.807) is 18.9 Å². The topological polar surface area (TPSA) is 49.4 Å². The van der Waals surface area contributed by atoms with Gasteiger partial charge in [0.15, 0.2) is 0 Å². The lowest BCUT2D eigenvalue weighted by Crippen LogP contribution is -2.47. The first-order valence-electron chi connectivity index (χ1n) is 7.70. The van der Waals surface area contributed by atoms with E-state index in [1.165, 1.54) is 0 Å². The van der Waals surface area contributed by atoms with Gasteiger partial charge < -0.3 is 10.2 Å². The molecule has 0 spiro atoms. The highest BCUT2D eigenvalue weighted by atomic mass is 16.2. The van der Waals surface area contributed by atoms with Gasteiger partial charge in [0, 0.05) is 13.6 Å². The summed E-state index contributed by atoms with van der Waals surface area (Å²) in [4.78, 5) is 26.3. The summed E-state index contributed by atoms with van der Waals surface area (Å²) in [6.07, 6.45) is 0.287. The van der Waals surface area contributed by atoms with Crippen LogP contribution in [0.15, 0.2) is 60.7 Å². The molecule has 0 aliphatic carbocycles. The summed E-state index contributed by atoms with van der Waals surface area (Å²) in [6.45, 7) is 2.17. The number of benzene rings is 2. The minimum absolute atomic E-state index is 0.0591. The number of nitrogens with zero attached hydrogens (tertiary/aromatic N) is 1. The zero-order chi connectivity index (χ0) is 16.7. The third-order valence-electron chi connectivity index (χ3n) is 3.81. The number of likely N-dealkylation sites (N-methyl/N-ethyl adjacent to an activating group) is 1. The minimum Gasteiger partial charge on any atom is -0.357 e. The predicted octanol–water partition coefficient (Wildman–Crippen LogP) is 2.39. The van der Waals surface area contributed by atoms with Crippen molar-refractivity contribution in [3.63, 3.8) is 0 Å². The Morgan fingerprint density at radius 1 is 0.957 bits per heavy atom. The van der Waals surface area contributed by atoms with Crippen LogP contribution in [0.4, 0.5) is 0 Å². The molecule has 0 aliphatic rings. The first kappa shape index (κ1) is 16.7. The SMILES string of the molecule is CNC(=O)C(C)N(Cc1ccccc1)C(=O)Cc1ccccc1. The fourth-order valence-electron chi connectivity index (χ4n) is 2.44. The van der Waals surface area contributed by atoms with E-state index in [0.717, 1.165) is 11.1 Å². The molecule has 0 saturated carbocycles. The molecule has 1 atom stereocenters. The molecule has 0 fully saturated rings. The molecule has 0 bridgehead atoms. The lowest BCUT2D eigenvalue weighted by atomic mass is 10.1. The molecular formula is C19H22N2O2. The fourth-order valence-corrected chi connectivity index (χ4v) is 2.44. The zero-order valence-corrected chi connectivity index (χ0v) is 13.5. The number of carbonyl (C=O) groups is 2. The fraction of sp³-hybridized carbons (Fsp3) is 0.263. The molecule has 0 aliphatic heterocycles. The van der Waals surface area contributed by atoms with Crippen molar-refractivity contribution in [3.8, 4) is 0 Å². The van der Waals surface area contributed by atoms with Gasteiger partial charge in [0.2, 0.25) is 11.8 Å². The van der Waals surface area contributed by atoms with E-state index in [-0.39, 0.29) is 18.2 Å². The van der Waals surface area contributed by atoms with Crippen LogP contribution in [0.25, 0.3) is 0 Å². The van der Waals surface area contributed by atoms with E-state index in [1.807, 2.05) is 60.7 Å². The number of carbonyl (C=O) groups excluding carboxylic acids is 2. The highest BCUT2D eigenvalue weighted by molar-refractivity contribution is 5.88. The molecule has 0 heterocycles. The van der Waals surface area contributed by atoms with Crippen molar-refractivity contribution in [2.24, 2.45) is 0 Å². The quantitative estimate of drug-likeness (QED) is 0.890. The van der Waals surface area contributed by atoms with Gasteiger partial charge in [-0.3, -0.25) is 9.59 Å². The van der Waals surface area contributed by atoms with Crippen LogP contribution in [0.3, 0.4) is 0 Å². The second kappa shape index (κ2) is 8.13. The molecule has 2 aromatic rings. The number of hydrogen-bond donors (Lipinski definition) is 1. The third-order valence-corrected chi connectivity index (χ3v) is 3.81. The average molecular weight is 310 g/mol. The van der Waals surface area contributed by atoms with Gasteiger partial charge in [0.25, 0.3) is 0 Å². The Morgan fingerprint density at radius 2 is 1.48 bits per heavy atom. The van der Waals surface area contributed by atoms with Crippen molar-refractivity contribution in [2.45, 2.75) is 25.9 Å². The van der Waals surface area contributed by atoms with Crippen molar-refractivity contribution in [2.75, 3.05) is 7.05 Å². The molecule has 23 heavy (non-hydrogen) atoms. The number of hydrogen-bond acceptors (Lipinski definition) is 2. The molecule has 4 nitrogen and oxygen atoms in total. The van der Waals surface area contributed by atoms with Crippen LogP contribution < -0.4 is 5.32 Å². The van der Waals surface area contributed by atoms with E-state index in [2.05, 4.69) is 5.32 Å². The molecule has 4 heteroatoms. The van der Waals surface area contributed by atoms with E-state index >= 15 is 0 Å². The maximum atomic E-state index is 12.7. The summed E-state index contributed by atoms with van der Waals surface area (Å²) >= 11 is 0. The molecule has 2 aromatic carbocycles. The Labute approximate surface area is 137 Å². The summed E-state index contributed by atoms with van der Waals surface area (Å²) in [5.74, 6) is -0.224. The Kier molecular flexibility index (Phi) is 5.92. The molecule has 120 valence electrons. The maximum absolute atomic E-state index is 12.7. The van der Waals surface area contributed by atoms with Crippen LogP contribution in [0.2, 0.25) is 0 Å². The van der Waals surface area contributed by atoms with Gasteiger partial charge >= 0.3 is 0 Å². The average Bonchev–Trinajstić information content (AvgIpc) is 2.60. The van der Waals surface area contributed by atoms with Crippen molar-refractivity contribution in [3.05, 3.63) is 71.8 Å². The Morgan fingerprint density at radius 3 is 2.00 bits per heavy atom. The van der Waals surface area contributed by atoms with Crippen LogP contribution in [0.5, 0.6) is 0 Å². The van der Waals surface area contributed by atoms with Crippen LogP contribution in [-0.2, 0) is 22.6 Å². The first-order valence-corrected chi connectivity index (χ1v) is 7.70. The zero-order valence-electron chi connectivity index (χ0n) is 13.5. The molecule has 0 aromatic heterocycles. The van der Waals surface area contributed by atoms with Gasteiger partial charge in [0.05, 0.1) is 6.42 Å². The molecule has 1 unspecified atom stereocenters. The summed E-state index contributed by atoms with van der Waals surface area (Å²) < 4.78 is 0. The molecule has 2 rings (SSSR count). The Bertz CT molecular complexity index is 641. The first-order chi connectivity index (χ1) is 11.1. The summed E-state index contributed by atoms with van der Waals surface area (Å²) in [5.41, 5.74) is 1.95. The number of nitrogens with one attached hydrogen (secondary N) is 1. The summed E-state index contributed by atoms with van der Waals surface area (Å²) in [5, 5.41) is 2.62. The molecule has 0 radical (unpaired) electrons. The smallest absolute Gasteiger partial charge is 0.242 e. The van der Waals surface area contributed by atoms with Crippen molar-refractivity contribution < 1.29 is 9.59 Å². The standard InChI is InChI=1S/C19H22N2O2/c1-15(19(23)20-2)21(14-17-11-7-4-8-12-17)18(22)13-16-9-5-3-6-10-16/h3-12,15H,13-14H2,1-2H3,(H,20,23). The van der Waals surface area contributed by atoms with Gasteiger partial charge in [-0.25, -0.2) is 0 Å². The minimum atomic E-state index is -0.517. The van der Waals surface area contributed by atoms with Gasteiger partial charge in [-0.05, 0) is 18.1 Å². The normalized spacial score (nSPS) is 11.6. The Hall–Kier alpha value is -2.62. The Balaban J connectivity index is 2.18. The number of amides is 2. The number of rotatable bonds is 6. The lowest BCUT2D eigenvalue weighted by Gasteiger charge is -2.28. The second-order valence-electron chi connectivity index (χ2n) is 5.46. The largest absolute Gasteiger partial charge is 0.357 e. The van der Waals surface area contributed by atoms with Crippen molar-refractivity contribution >= 4 is 11.8 Å². The van der Waals surface area contributed by atoms with E-state index in [9.17, 15) is 9.59 Å². The van der Waals surface area contributed by atoms with Crippen LogP contribution in [0, 0.1) is 0 Å². The monoisotopic (exact) mass is 310 g/mol. The third kappa shape index (κ3) is 4.68. The summed E-state index contributed by atoms with van der Waals surface area (Å²) in [6, 6.07) is 18.8. The van der Waals surface area contributed by atoms with Crippen LogP contribution in [0.1, 0.15) is 18.1 Å². The van der Waals surface area contributed by atoms with Gasteiger partial charge in [-0.2, -0.15) is 0 Å². The van der Waals surface area contributed by atoms with Gasteiger partial charge in [-0.1, -0.05) is 60.7 Å². The van der Waals surface area contributed by atoms with E-state index in [4.69, 9.17) is 0 Å². The van der Waals surface area contributed by atoms with E-state index < -0.39 is 6.04 Å². The molecular weight excluding hydrogens is 288 g/mol.